The van der Waals surface area contributed by atoms with Gasteiger partial charge in [-0.25, -0.2) is 0 Å². The Hall–Kier alpha value is -2.59. The number of hydrogen-bond donors (Lipinski definition) is 1. The van der Waals surface area contributed by atoms with E-state index in [0.29, 0.717) is 10.0 Å². The number of halogens is 4. The first-order valence-corrected chi connectivity index (χ1v) is 7.45. The van der Waals surface area contributed by atoms with Gasteiger partial charge in [0.1, 0.15) is 11.6 Å². The topological polar surface area (TPSA) is 52.9 Å². The predicted octanol–water partition coefficient (Wildman–Crippen LogP) is 5.01. The first kappa shape index (κ1) is 17.8. The average Bonchev–Trinajstić information content (AvgIpc) is 2.53. The Morgan fingerprint density at radius 1 is 1.17 bits per heavy atom. The van der Waals surface area contributed by atoms with E-state index in [1.54, 1.807) is 30.3 Å². The largest absolute Gasteiger partial charge is 0.416 e. The van der Waals surface area contributed by atoms with E-state index in [4.69, 9.17) is 5.26 Å². The van der Waals surface area contributed by atoms with E-state index < -0.39 is 17.6 Å². The van der Waals surface area contributed by atoms with Crippen molar-refractivity contribution in [3.8, 4) is 6.07 Å². The zero-order valence-corrected chi connectivity index (χ0v) is 13.6. The van der Waals surface area contributed by atoms with Crippen LogP contribution in [0.2, 0.25) is 0 Å². The Morgan fingerprint density at radius 2 is 1.88 bits per heavy atom. The van der Waals surface area contributed by atoms with Crippen LogP contribution in [0.3, 0.4) is 0 Å². The molecule has 0 unspecified atom stereocenters. The molecule has 0 heterocycles. The molecule has 0 spiro atoms. The van der Waals surface area contributed by atoms with Gasteiger partial charge in [0.15, 0.2) is 0 Å². The molecule has 2 aromatic carbocycles. The number of hydrogen-bond acceptors (Lipinski definition) is 2. The lowest BCUT2D eigenvalue weighted by molar-refractivity contribution is -0.137. The number of nitrogens with one attached hydrogen (secondary N) is 1. The molecular weight excluding hydrogens is 385 g/mol. The summed E-state index contributed by atoms with van der Waals surface area (Å²) in [4.78, 5) is 12.1. The first-order chi connectivity index (χ1) is 11.3. The molecule has 0 aliphatic heterocycles. The van der Waals surface area contributed by atoms with Crippen molar-refractivity contribution in [2.75, 3.05) is 5.32 Å². The van der Waals surface area contributed by atoms with Gasteiger partial charge in [0, 0.05) is 10.2 Å². The van der Waals surface area contributed by atoms with Gasteiger partial charge in [-0.15, -0.1) is 0 Å². The number of rotatable bonds is 3. The highest BCUT2D eigenvalue weighted by Crippen LogP contribution is 2.30. The van der Waals surface area contributed by atoms with Gasteiger partial charge in [0.2, 0.25) is 0 Å². The molecule has 0 aromatic heterocycles. The number of carbonyl (C=O) groups is 1. The number of nitriles is 1. The van der Waals surface area contributed by atoms with Crippen LogP contribution in [0.1, 0.15) is 11.1 Å². The van der Waals surface area contributed by atoms with Crippen LogP contribution >= 0.6 is 15.9 Å². The highest BCUT2D eigenvalue weighted by Gasteiger charge is 2.30. The van der Waals surface area contributed by atoms with E-state index in [1.165, 1.54) is 18.2 Å². The predicted molar refractivity (Wildman–Crippen MR) is 87.8 cm³/mol. The minimum atomic E-state index is -4.51. The Bertz CT molecular complexity index is 838. The van der Waals surface area contributed by atoms with Crippen LogP contribution < -0.4 is 5.32 Å². The summed E-state index contributed by atoms with van der Waals surface area (Å²) in [5.41, 5.74) is -0.538. The lowest BCUT2D eigenvalue weighted by Crippen LogP contribution is -2.14. The molecule has 3 nitrogen and oxygen atoms in total. The van der Waals surface area contributed by atoms with Crippen LogP contribution in [0.4, 0.5) is 18.9 Å². The second kappa shape index (κ2) is 7.32. The summed E-state index contributed by atoms with van der Waals surface area (Å²) in [6.07, 6.45) is -3.16. The van der Waals surface area contributed by atoms with Gasteiger partial charge in [-0.1, -0.05) is 40.2 Å². The minimum Gasteiger partial charge on any atom is -0.321 e. The van der Waals surface area contributed by atoms with Gasteiger partial charge in [-0.3, -0.25) is 4.79 Å². The van der Waals surface area contributed by atoms with Crippen LogP contribution in [0.25, 0.3) is 6.08 Å². The quantitative estimate of drug-likeness (QED) is 0.587. The summed E-state index contributed by atoms with van der Waals surface area (Å²) in [6, 6.07) is 12.9. The summed E-state index contributed by atoms with van der Waals surface area (Å²) in [5, 5.41) is 11.4. The molecule has 0 atom stereocenters. The van der Waals surface area contributed by atoms with Crippen molar-refractivity contribution in [2.24, 2.45) is 0 Å². The zero-order valence-electron chi connectivity index (χ0n) is 12.1. The van der Waals surface area contributed by atoms with Gasteiger partial charge in [0.05, 0.1) is 5.56 Å². The van der Waals surface area contributed by atoms with E-state index in [9.17, 15) is 18.0 Å². The highest BCUT2D eigenvalue weighted by atomic mass is 79.9. The SMILES string of the molecule is N#CC(=Cc1ccccc1Br)C(=O)Nc1cccc(C(F)(F)F)c1. The third-order valence-corrected chi connectivity index (χ3v) is 3.74. The minimum absolute atomic E-state index is 0.0388. The van der Waals surface area contributed by atoms with Crippen molar-refractivity contribution in [1.82, 2.24) is 0 Å². The van der Waals surface area contributed by atoms with E-state index in [0.717, 1.165) is 12.1 Å². The van der Waals surface area contributed by atoms with E-state index in [1.807, 2.05) is 0 Å². The van der Waals surface area contributed by atoms with Crippen molar-refractivity contribution in [3.05, 3.63) is 69.7 Å². The van der Waals surface area contributed by atoms with Crippen LogP contribution in [0, 0.1) is 11.3 Å². The molecule has 122 valence electrons. The first-order valence-electron chi connectivity index (χ1n) is 6.66. The highest BCUT2D eigenvalue weighted by molar-refractivity contribution is 9.10. The summed E-state index contributed by atoms with van der Waals surface area (Å²) >= 11 is 3.29. The number of amides is 1. The molecule has 2 rings (SSSR count). The maximum absolute atomic E-state index is 12.7. The molecule has 24 heavy (non-hydrogen) atoms. The summed E-state index contributed by atoms with van der Waals surface area (Å²) in [6.45, 7) is 0. The number of alkyl halides is 3. The fourth-order valence-electron chi connectivity index (χ4n) is 1.87. The molecule has 1 N–H and O–H groups in total. The Labute approximate surface area is 144 Å². The van der Waals surface area contributed by atoms with Crippen LogP contribution in [0.5, 0.6) is 0 Å². The molecule has 0 bridgehead atoms. The second-order valence-electron chi connectivity index (χ2n) is 4.72. The lowest BCUT2D eigenvalue weighted by atomic mass is 10.1. The van der Waals surface area contributed by atoms with Crippen molar-refractivity contribution in [2.45, 2.75) is 6.18 Å². The van der Waals surface area contributed by atoms with Gasteiger partial charge >= 0.3 is 6.18 Å². The van der Waals surface area contributed by atoms with Gasteiger partial charge in [-0.2, -0.15) is 18.4 Å². The smallest absolute Gasteiger partial charge is 0.321 e. The summed E-state index contributed by atoms with van der Waals surface area (Å²) < 4.78 is 38.7. The molecule has 0 radical (unpaired) electrons. The van der Waals surface area contributed by atoms with Crippen molar-refractivity contribution < 1.29 is 18.0 Å². The third kappa shape index (κ3) is 4.46. The van der Waals surface area contributed by atoms with Gasteiger partial charge < -0.3 is 5.32 Å². The summed E-state index contributed by atoms with van der Waals surface area (Å²) in [5.74, 6) is -0.785. The fourth-order valence-corrected chi connectivity index (χ4v) is 2.27. The maximum atomic E-state index is 12.7. The zero-order chi connectivity index (χ0) is 17.7. The van der Waals surface area contributed by atoms with E-state index in [-0.39, 0.29) is 11.3 Å². The maximum Gasteiger partial charge on any atom is 0.416 e. The molecular formula is C17H10BrF3N2O. The van der Waals surface area contributed by atoms with Crippen molar-refractivity contribution in [3.63, 3.8) is 0 Å². The Balaban J connectivity index is 2.25. The Morgan fingerprint density at radius 3 is 2.50 bits per heavy atom. The molecule has 7 heteroatoms. The lowest BCUT2D eigenvalue weighted by Gasteiger charge is -2.09. The molecule has 0 saturated carbocycles. The van der Waals surface area contributed by atoms with E-state index >= 15 is 0 Å². The number of carbonyl (C=O) groups excluding carboxylic acids is 1. The molecule has 1 amide bonds. The van der Waals surface area contributed by atoms with Crippen molar-refractivity contribution in [1.29, 1.82) is 5.26 Å². The molecule has 2 aromatic rings. The van der Waals surface area contributed by atoms with E-state index in [2.05, 4.69) is 21.2 Å². The molecule has 0 aliphatic rings. The summed E-state index contributed by atoms with van der Waals surface area (Å²) in [7, 11) is 0. The standard InChI is InChI=1S/C17H10BrF3N2O/c18-15-7-2-1-4-11(15)8-12(10-22)16(24)23-14-6-3-5-13(9-14)17(19,20)21/h1-9H,(H,23,24). The monoisotopic (exact) mass is 394 g/mol. The average molecular weight is 395 g/mol. The molecule has 0 aliphatic carbocycles. The van der Waals surface area contributed by atoms with Gasteiger partial charge in [-0.05, 0) is 35.9 Å². The normalized spacial score (nSPS) is 11.7. The number of nitrogens with zero attached hydrogens (tertiary/aromatic N) is 1. The van der Waals surface area contributed by atoms with Crippen molar-refractivity contribution >= 4 is 33.6 Å². The second-order valence-corrected chi connectivity index (χ2v) is 5.58. The molecule has 0 fully saturated rings. The fraction of sp³-hybridized carbons (Fsp3) is 0.0588. The Kier molecular flexibility index (Phi) is 5.42. The third-order valence-electron chi connectivity index (χ3n) is 3.02. The van der Waals surface area contributed by atoms with Crippen LogP contribution in [-0.4, -0.2) is 5.91 Å². The van der Waals surface area contributed by atoms with Crippen LogP contribution in [-0.2, 0) is 11.0 Å². The number of anilines is 1. The van der Waals surface area contributed by atoms with Crippen LogP contribution in [0.15, 0.2) is 58.6 Å². The molecule has 0 saturated heterocycles. The number of benzene rings is 2. The van der Waals surface area contributed by atoms with Gasteiger partial charge in [0.25, 0.3) is 5.91 Å².